The monoisotopic (exact) mass is 679 g/mol. The third-order valence-electron chi connectivity index (χ3n) is 11.0. The Morgan fingerprint density at radius 1 is 0.840 bits per heavy atom. The summed E-state index contributed by atoms with van der Waals surface area (Å²) < 4.78 is 0. The number of benzene rings is 3. The first-order valence-electron chi connectivity index (χ1n) is 16.1. The molecule has 4 amide bonds. The number of imide groups is 2. The second-order valence-electron chi connectivity index (χ2n) is 13.8. The molecule has 4 aliphatic rings. The van der Waals surface area contributed by atoms with Crippen LogP contribution in [0.1, 0.15) is 36.8 Å². The van der Waals surface area contributed by atoms with Gasteiger partial charge < -0.3 is 10.0 Å². The van der Waals surface area contributed by atoms with E-state index in [1.54, 1.807) is 62.4 Å². The molecule has 6 atom stereocenters. The minimum Gasteiger partial charge on any atom is -0.507 e. The van der Waals surface area contributed by atoms with Gasteiger partial charge in [-0.2, -0.15) is 0 Å². The summed E-state index contributed by atoms with van der Waals surface area (Å²) in [7, 11) is 2.83. The van der Waals surface area contributed by atoms with Crippen molar-refractivity contribution in [1.29, 1.82) is 0 Å². The predicted octanol–water partition coefficient (Wildman–Crippen LogP) is 5.02. The molecule has 2 aliphatic heterocycles. The molecular formula is C36H33N5O9. The number of amides is 4. The van der Waals surface area contributed by atoms with Crippen molar-refractivity contribution in [1.82, 2.24) is 0 Å². The van der Waals surface area contributed by atoms with Gasteiger partial charge in [-0.25, -0.2) is 9.80 Å². The van der Waals surface area contributed by atoms with Gasteiger partial charge in [0.25, 0.3) is 0 Å². The van der Waals surface area contributed by atoms with E-state index in [4.69, 9.17) is 0 Å². The summed E-state index contributed by atoms with van der Waals surface area (Å²) in [4.78, 5) is 83.1. The van der Waals surface area contributed by atoms with Gasteiger partial charge in [-0.1, -0.05) is 48.0 Å². The van der Waals surface area contributed by atoms with Crippen LogP contribution in [0.4, 0.5) is 28.4 Å². The molecule has 3 fully saturated rings. The van der Waals surface area contributed by atoms with Crippen molar-refractivity contribution in [3.8, 4) is 5.75 Å². The molecule has 2 aliphatic carbocycles. The summed E-state index contributed by atoms with van der Waals surface area (Å²) in [5.74, 6) is -6.76. The average molecular weight is 680 g/mol. The molecule has 1 saturated carbocycles. The topological polar surface area (TPSA) is 185 Å². The molecule has 2 heterocycles. The number of aryl methyl sites for hydroxylation is 1. The van der Waals surface area contributed by atoms with Gasteiger partial charge in [0.05, 0.1) is 44.4 Å². The van der Waals surface area contributed by atoms with Gasteiger partial charge in [0, 0.05) is 37.7 Å². The van der Waals surface area contributed by atoms with E-state index < -0.39 is 79.9 Å². The molecular weight excluding hydrogens is 646 g/mol. The first-order valence-corrected chi connectivity index (χ1v) is 16.1. The smallest absolute Gasteiger partial charge is 0.301 e. The molecule has 14 nitrogen and oxygen atoms in total. The number of carbonyl (C=O) groups is 4. The van der Waals surface area contributed by atoms with Gasteiger partial charge in [0.1, 0.15) is 5.75 Å². The number of carbonyl (C=O) groups excluding carboxylic acids is 4. The van der Waals surface area contributed by atoms with E-state index in [1.165, 1.54) is 23.9 Å². The number of phenolic OH excluding ortho intramolecular Hbond substituents is 1. The highest BCUT2D eigenvalue weighted by molar-refractivity contribution is 6.25. The van der Waals surface area contributed by atoms with E-state index >= 15 is 0 Å². The number of phenols is 1. The van der Waals surface area contributed by atoms with Gasteiger partial charge >= 0.3 is 11.4 Å². The lowest BCUT2D eigenvalue weighted by molar-refractivity contribution is -0.392. The third kappa shape index (κ3) is 4.40. The standard InChI is InChI=1S/C36H33N5O9/c1-18-9-8-12-23(31(18)42)29-21-13-14-22-28(24(21)17-25-33(44)39(35(46)36(25,29)2)19-10-6-5-7-11-19)34(45)38(32(22)43)20-15-26(40(47)48)30(37(3)4)27(16-20)41(49)50/h5-13,15-16,22,24-25,28-29,42H,14,17H2,1-4H3/t22-,24+,25-,28-,29+,36+/m0/s1. The van der Waals surface area contributed by atoms with Crippen molar-refractivity contribution in [2.24, 2.45) is 29.1 Å². The Morgan fingerprint density at radius 3 is 2.08 bits per heavy atom. The van der Waals surface area contributed by atoms with Crippen molar-refractivity contribution in [3.05, 3.63) is 104 Å². The number of fused-ring (bicyclic) bond motifs is 4. The number of aromatic hydroxyl groups is 1. The van der Waals surface area contributed by atoms with Crippen LogP contribution in [0.2, 0.25) is 0 Å². The first-order chi connectivity index (χ1) is 23.7. The van der Waals surface area contributed by atoms with Crippen LogP contribution in [-0.2, 0) is 19.2 Å². The lowest BCUT2D eigenvalue weighted by Crippen LogP contribution is -2.49. The second kappa shape index (κ2) is 11.3. The van der Waals surface area contributed by atoms with Crippen LogP contribution in [0.5, 0.6) is 5.75 Å². The molecule has 7 rings (SSSR count). The molecule has 0 spiro atoms. The SMILES string of the molecule is Cc1cccc([C@H]2C3=CC[C@@H]4C(=O)N(c5cc([N+](=O)[O-])c(N(C)C)c([N+](=O)[O-])c5)C(=O)[C@@H]4[C@@H]3C[C@H]3C(=O)N(c4ccccc4)C(=O)[C@@]23C)c1O. The van der Waals surface area contributed by atoms with E-state index in [0.717, 1.165) is 17.0 Å². The largest absolute Gasteiger partial charge is 0.507 e. The molecule has 3 aromatic carbocycles. The molecule has 3 aromatic rings. The maximum atomic E-state index is 14.5. The molecule has 0 radical (unpaired) electrons. The van der Waals surface area contributed by atoms with Crippen molar-refractivity contribution in [3.63, 3.8) is 0 Å². The fraction of sp³-hybridized carbons (Fsp3) is 0.333. The summed E-state index contributed by atoms with van der Waals surface area (Å²) in [6, 6.07) is 15.7. The van der Waals surface area contributed by atoms with E-state index in [1.807, 2.05) is 6.08 Å². The van der Waals surface area contributed by atoms with Gasteiger partial charge in [-0.15, -0.1) is 0 Å². The summed E-state index contributed by atoms with van der Waals surface area (Å²) >= 11 is 0. The van der Waals surface area contributed by atoms with E-state index in [-0.39, 0.29) is 30.0 Å². The second-order valence-corrected chi connectivity index (χ2v) is 13.8. The molecule has 50 heavy (non-hydrogen) atoms. The number of nitro benzene ring substituents is 2. The van der Waals surface area contributed by atoms with Crippen LogP contribution >= 0.6 is 0 Å². The van der Waals surface area contributed by atoms with Gasteiger partial charge in [-0.05, 0) is 50.3 Å². The van der Waals surface area contributed by atoms with Crippen molar-refractivity contribution in [2.75, 3.05) is 28.8 Å². The highest BCUT2D eigenvalue weighted by Crippen LogP contribution is 2.64. The molecule has 0 aromatic heterocycles. The zero-order valence-electron chi connectivity index (χ0n) is 27.6. The summed E-state index contributed by atoms with van der Waals surface area (Å²) in [5, 5.41) is 35.6. The van der Waals surface area contributed by atoms with Crippen LogP contribution < -0.4 is 14.7 Å². The Morgan fingerprint density at radius 2 is 1.48 bits per heavy atom. The molecule has 1 N–H and O–H groups in total. The van der Waals surface area contributed by atoms with Crippen LogP contribution in [0.25, 0.3) is 0 Å². The maximum Gasteiger partial charge on any atom is 0.301 e. The molecule has 14 heteroatoms. The normalized spacial score (nSPS) is 27.1. The fourth-order valence-electron chi connectivity index (χ4n) is 8.81. The Hall–Kier alpha value is -5.92. The number of nitrogens with zero attached hydrogens (tertiary/aromatic N) is 5. The Bertz CT molecular complexity index is 2040. The number of para-hydroxylation sites is 2. The Labute approximate surface area is 285 Å². The summed E-state index contributed by atoms with van der Waals surface area (Å²) in [5.41, 5.74) is -1.23. The molecule has 0 unspecified atom stereocenters. The van der Waals surface area contributed by atoms with Crippen LogP contribution in [-0.4, -0.2) is 52.7 Å². The first kappa shape index (κ1) is 32.6. The number of hydrogen-bond acceptors (Lipinski definition) is 10. The van der Waals surface area contributed by atoms with Gasteiger partial charge in [0.2, 0.25) is 23.6 Å². The van der Waals surface area contributed by atoms with E-state index in [2.05, 4.69) is 0 Å². The lowest BCUT2D eigenvalue weighted by Gasteiger charge is -2.49. The van der Waals surface area contributed by atoms with E-state index in [9.17, 15) is 44.5 Å². The molecule has 0 bridgehead atoms. The van der Waals surface area contributed by atoms with Gasteiger partial charge in [0.15, 0.2) is 5.69 Å². The van der Waals surface area contributed by atoms with Crippen molar-refractivity contribution < 1.29 is 34.1 Å². The summed E-state index contributed by atoms with van der Waals surface area (Å²) in [6.45, 7) is 3.44. The number of anilines is 3. The van der Waals surface area contributed by atoms with Crippen LogP contribution in [0, 0.1) is 56.2 Å². The average Bonchev–Trinajstić information content (AvgIpc) is 3.45. The van der Waals surface area contributed by atoms with Gasteiger partial charge in [-0.3, -0.25) is 39.4 Å². The summed E-state index contributed by atoms with van der Waals surface area (Å²) in [6.07, 6.45) is 1.94. The highest BCUT2D eigenvalue weighted by atomic mass is 16.6. The zero-order valence-corrected chi connectivity index (χ0v) is 27.6. The zero-order chi connectivity index (χ0) is 36.0. The van der Waals surface area contributed by atoms with Crippen molar-refractivity contribution in [2.45, 2.75) is 32.6 Å². The number of nitro groups is 2. The maximum absolute atomic E-state index is 14.5. The van der Waals surface area contributed by atoms with E-state index in [0.29, 0.717) is 22.4 Å². The Balaban J connectivity index is 1.37. The minimum atomic E-state index is -1.36. The van der Waals surface area contributed by atoms with Crippen LogP contribution in [0.15, 0.2) is 72.3 Å². The molecule has 2 saturated heterocycles. The lowest BCUT2D eigenvalue weighted by atomic mass is 9.51. The third-order valence-corrected chi connectivity index (χ3v) is 11.0. The fourth-order valence-corrected chi connectivity index (χ4v) is 8.81. The van der Waals surface area contributed by atoms with Crippen molar-refractivity contribution >= 4 is 52.1 Å². The predicted molar refractivity (Wildman–Crippen MR) is 180 cm³/mol. The minimum absolute atomic E-state index is 0.0457. The number of rotatable bonds is 6. The quantitative estimate of drug-likeness (QED) is 0.161. The molecule has 256 valence electrons. The Kier molecular flexibility index (Phi) is 7.39. The number of hydrogen-bond donors (Lipinski definition) is 1. The number of allylic oxidation sites excluding steroid dienone is 2. The van der Waals surface area contributed by atoms with Crippen LogP contribution in [0.3, 0.4) is 0 Å². The highest BCUT2D eigenvalue weighted by Gasteiger charge is 2.68.